The van der Waals surface area contributed by atoms with Gasteiger partial charge in [-0.25, -0.2) is 9.18 Å². The predicted octanol–water partition coefficient (Wildman–Crippen LogP) is 3.28. The number of benzene rings is 1. The number of rotatable bonds is 2. The Balaban J connectivity index is 2.08. The minimum Gasteiger partial charge on any atom is -0.462 e. The van der Waals surface area contributed by atoms with Gasteiger partial charge in [0.2, 0.25) is 0 Å². The standard InChI is InChI=1S/C16H14FNO2/c1-3-20-16(19)14-8-11-6-10-7-12(17)4-5-13(10)15(11)18-9(14)2/h4-5,7-8H,3,6H2,1-2H3. The van der Waals surface area contributed by atoms with Crippen molar-refractivity contribution in [3.05, 3.63) is 52.5 Å². The zero-order valence-electron chi connectivity index (χ0n) is 11.4. The highest BCUT2D eigenvalue weighted by Crippen LogP contribution is 2.36. The first kappa shape index (κ1) is 12.8. The monoisotopic (exact) mass is 271 g/mol. The highest BCUT2D eigenvalue weighted by atomic mass is 19.1. The largest absolute Gasteiger partial charge is 0.462 e. The van der Waals surface area contributed by atoms with Crippen LogP contribution in [0.4, 0.5) is 4.39 Å². The molecule has 0 saturated heterocycles. The molecular weight excluding hydrogens is 257 g/mol. The number of carbonyl (C=O) groups is 1. The summed E-state index contributed by atoms with van der Waals surface area (Å²) in [6.45, 7) is 3.89. The molecular formula is C16H14FNO2. The first-order valence-corrected chi connectivity index (χ1v) is 6.56. The average Bonchev–Trinajstić information content (AvgIpc) is 2.74. The fraction of sp³-hybridized carbons (Fsp3) is 0.250. The Bertz CT molecular complexity index is 710. The number of ether oxygens (including phenoxy) is 1. The molecule has 102 valence electrons. The summed E-state index contributed by atoms with van der Waals surface area (Å²) in [7, 11) is 0. The van der Waals surface area contributed by atoms with E-state index in [2.05, 4.69) is 4.98 Å². The molecule has 0 aliphatic heterocycles. The van der Waals surface area contributed by atoms with Crippen LogP contribution < -0.4 is 0 Å². The van der Waals surface area contributed by atoms with E-state index >= 15 is 0 Å². The molecule has 1 aliphatic rings. The first-order valence-electron chi connectivity index (χ1n) is 6.56. The van der Waals surface area contributed by atoms with E-state index in [0.717, 1.165) is 22.4 Å². The number of hydrogen-bond acceptors (Lipinski definition) is 3. The van der Waals surface area contributed by atoms with E-state index in [1.807, 2.05) is 6.07 Å². The van der Waals surface area contributed by atoms with Crippen molar-refractivity contribution in [1.82, 2.24) is 4.98 Å². The number of halogens is 1. The number of aromatic nitrogens is 1. The SMILES string of the molecule is CCOC(=O)c1cc2c(nc1C)-c1ccc(F)cc1C2. The fourth-order valence-electron chi connectivity index (χ4n) is 2.57. The van der Waals surface area contributed by atoms with Gasteiger partial charge < -0.3 is 4.74 Å². The molecule has 1 heterocycles. The summed E-state index contributed by atoms with van der Waals surface area (Å²) < 4.78 is 18.3. The number of carbonyl (C=O) groups excluding carboxylic acids is 1. The summed E-state index contributed by atoms with van der Waals surface area (Å²) in [5.41, 5.74) is 4.76. The Hall–Kier alpha value is -2.23. The molecule has 1 aromatic heterocycles. The maximum Gasteiger partial charge on any atom is 0.339 e. The summed E-state index contributed by atoms with van der Waals surface area (Å²) >= 11 is 0. The number of hydrogen-bond donors (Lipinski definition) is 0. The van der Waals surface area contributed by atoms with Crippen molar-refractivity contribution in [2.45, 2.75) is 20.3 Å². The van der Waals surface area contributed by atoms with Crippen LogP contribution in [-0.2, 0) is 11.2 Å². The van der Waals surface area contributed by atoms with E-state index in [0.29, 0.717) is 24.3 Å². The Morgan fingerprint density at radius 3 is 2.90 bits per heavy atom. The van der Waals surface area contributed by atoms with Gasteiger partial charge in [-0.1, -0.05) is 0 Å². The zero-order valence-corrected chi connectivity index (χ0v) is 11.4. The molecule has 0 radical (unpaired) electrons. The van der Waals surface area contributed by atoms with Crippen LogP contribution in [0.1, 0.15) is 34.1 Å². The van der Waals surface area contributed by atoms with Gasteiger partial charge in [-0.3, -0.25) is 4.98 Å². The lowest BCUT2D eigenvalue weighted by molar-refractivity contribution is 0.0525. The number of esters is 1. The second-order valence-corrected chi connectivity index (χ2v) is 4.83. The summed E-state index contributed by atoms with van der Waals surface area (Å²) in [5, 5.41) is 0. The molecule has 4 heteroatoms. The van der Waals surface area contributed by atoms with Crippen LogP contribution in [-0.4, -0.2) is 17.6 Å². The summed E-state index contributed by atoms with van der Waals surface area (Å²) in [4.78, 5) is 16.4. The summed E-state index contributed by atoms with van der Waals surface area (Å²) in [6, 6.07) is 6.52. The maximum absolute atomic E-state index is 13.3. The zero-order chi connectivity index (χ0) is 14.3. The van der Waals surface area contributed by atoms with Gasteiger partial charge in [-0.05, 0) is 49.2 Å². The van der Waals surface area contributed by atoms with Gasteiger partial charge in [0.15, 0.2) is 0 Å². The minimum absolute atomic E-state index is 0.251. The summed E-state index contributed by atoms with van der Waals surface area (Å²) in [6.07, 6.45) is 0.599. The fourth-order valence-corrected chi connectivity index (χ4v) is 2.57. The van der Waals surface area contributed by atoms with Gasteiger partial charge in [0, 0.05) is 12.0 Å². The van der Waals surface area contributed by atoms with Gasteiger partial charge in [-0.2, -0.15) is 0 Å². The van der Waals surface area contributed by atoms with Crippen LogP contribution in [0.15, 0.2) is 24.3 Å². The number of pyridine rings is 1. The quantitative estimate of drug-likeness (QED) is 0.671. The lowest BCUT2D eigenvalue weighted by atomic mass is 10.1. The van der Waals surface area contributed by atoms with Crippen molar-refractivity contribution >= 4 is 5.97 Å². The van der Waals surface area contributed by atoms with Crippen molar-refractivity contribution in [2.24, 2.45) is 0 Å². The first-order chi connectivity index (χ1) is 9.60. The molecule has 3 nitrogen and oxygen atoms in total. The third-order valence-electron chi connectivity index (χ3n) is 3.49. The van der Waals surface area contributed by atoms with Gasteiger partial charge in [0.1, 0.15) is 5.82 Å². The molecule has 0 amide bonds. The Kier molecular flexibility index (Phi) is 3.01. The van der Waals surface area contributed by atoms with E-state index in [9.17, 15) is 9.18 Å². The molecule has 0 saturated carbocycles. The molecule has 0 spiro atoms. The van der Waals surface area contributed by atoms with Crippen molar-refractivity contribution in [3.63, 3.8) is 0 Å². The number of fused-ring (bicyclic) bond motifs is 3. The molecule has 0 atom stereocenters. The molecule has 3 rings (SSSR count). The van der Waals surface area contributed by atoms with Gasteiger partial charge >= 0.3 is 5.97 Å². The molecule has 0 fully saturated rings. The topological polar surface area (TPSA) is 39.2 Å². The highest BCUT2D eigenvalue weighted by Gasteiger charge is 2.23. The van der Waals surface area contributed by atoms with Crippen LogP contribution >= 0.6 is 0 Å². The second kappa shape index (κ2) is 4.71. The Labute approximate surface area is 116 Å². The minimum atomic E-state index is -0.359. The van der Waals surface area contributed by atoms with Gasteiger partial charge in [-0.15, -0.1) is 0 Å². The van der Waals surface area contributed by atoms with E-state index in [4.69, 9.17) is 4.74 Å². The normalized spacial score (nSPS) is 11.9. The second-order valence-electron chi connectivity index (χ2n) is 4.83. The number of nitrogens with zero attached hydrogens (tertiary/aromatic N) is 1. The van der Waals surface area contributed by atoms with Crippen LogP contribution in [0.5, 0.6) is 0 Å². The van der Waals surface area contributed by atoms with Crippen molar-refractivity contribution in [3.8, 4) is 11.3 Å². The molecule has 1 aromatic carbocycles. The molecule has 2 aromatic rings. The van der Waals surface area contributed by atoms with Gasteiger partial charge in [0.25, 0.3) is 0 Å². The van der Waals surface area contributed by atoms with Crippen LogP contribution in [0.25, 0.3) is 11.3 Å². The number of aryl methyl sites for hydroxylation is 1. The van der Waals surface area contributed by atoms with E-state index in [-0.39, 0.29) is 11.8 Å². The Morgan fingerprint density at radius 2 is 2.15 bits per heavy atom. The average molecular weight is 271 g/mol. The Morgan fingerprint density at radius 1 is 1.35 bits per heavy atom. The third-order valence-corrected chi connectivity index (χ3v) is 3.49. The van der Waals surface area contributed by atoms with Crippen LogP contribution in [0.2, 0.25) is 0 Å². The van der Waals surface area contributed by atoms with Crippen molar-refractivity contribution < 1.29 is 13.9 Å². The third kappa shape index (κ3) is 1.97. The lowest BCUT2D eigenvalue weighted by Crippen LogP contribution is -2.09. The molecule has 0 unspecified atom stereocenters. The van der Waals surface area contributed by atoms with Crippen LogP contribution in [0, 0.1) is 12.7 Å². The molecule has 1 aliphatic carbocycles. The van der Waals surface area contributed by atoms with Crippen molar-refractivity contribution in [2.75, 3.05) is 6.61 Å². The summed E-state index contributed by atoms with van der Waals surface area (Å²) in [5.74, 6) is -0.610. The van der Waals surface area contributed by atoms with E-state index in [1.165, 1.54) is 12.1 Å². The maximum atomic E-state index is 13.3. The molecule has 0 bridgehead atoms. The van der Waals surface area contributed by atoms with E-state index < -0.39 is 0 Å². The van der Waals surface area contributed by atoms with E-state index in [1.54, 1.807) is 19.9 Å². The molecule has 20 heavy (non-hydrogen) atoms. The van der Waals surface area contributed by atoms with Crippen LogP contribution in [0.3, 0.4) is 0 Å². The lowest BCUT2D eigenvalue weighted by Gasteiger charge is -2.08. The van der Waals surface area contributed by atoms with Gasteiger partial charge in [0.05, 0.1) is 23.6 Å². The predicted molar refractivity (Wildman–Crippen MR) is 73.1 cm³/mol. The van der Waals surface area contributed by atoms with Crippen molar-refractivity contribution in [1.29, 1.82) is 0 Å². The smallest absolute Gasteiger partial charge is 0.339 e. The highest BCUT2D eigenvalue weighted by molar-refractivity contribution is 5.92. The molecule has 0 N–H and O–H groups in total.